The van der Waals surface area contributed by atoms with Crippen LogP contribution in [0.4, 0.5) is 0 Å². The van der Waals surface area contributed by atoms with Gasteiger partial charge in [0.1, 0.15) is 0 Å². The molecule has 1 fully saturated rings. The molecule has 0 saturated heterocycles. The first kappa shape index (κ1) is 13.5. The van der Waals surface area contributed by atoms with E-state index in [0.29, 0.717) is 25.1 Å². The Bertz CT molecular complexity index is 213. The van der Waals surface area contributed by atoms with Crippen LogP contribution >= 0.6 is 0 Å². The topological polar surface area (TPSA) is 41.6 Å². The predicted octanol–water partition coefficient (Wildman–Crippen LogP) is 1.01. The highest BCUT2D eigenvalue weighted by Gasteiger charge is 2.25. The van der Waals surface area contributed by atoms with Crippen molar-refractivity contribution in [2.45, 2.75) is 44.2 Å². The summed E-state index contributed by atoms with van der Waals surface area (Å²) in [6, 6.07) is 1.06. The monoisotopic (exact) mass is 228 g/mol. The van der Waals surface area contributed by atoms with Crippen LogP contribution < -0.4 is 5.32 Å². The van der Waals surface area contributed by atoms with E-state index in [1.165, 1.54) is 12.8 Å². The van der Waals surface area contributed by atoms with E-state index in [4.69, 9.17) is 4.74 Å². The van der Waals surface area contributed by atoms with Crippen molar-refractivity contribution in [3.8, 4) is 0 Å². The third-order valence-corrected chi connectivity index (χ3v) is 3.57. The first-order valence-corrected chi connectivity index (χ1v) is 6.11. The lowest BCUT2D eigenvalue weighted by atomic mass is 9.90. The molecule has 16 heavy (non-hydrogen) atoms. The highest BCUT2D eigenvalue weighted by molar-refractivity contribution is 5.76. The highest BCUT2D eigenvalue weighted by atomic mass is 16.5. The van der Waals surface area contributed by atoms with Crippen molar-refractivity contribution >= 4 is 5.91 Å². The van der Waals surface area contributed by atoms with Gasteiger partial charge < -0.3 is 15.0 Å². The maximum atomic E-state index is 11.8. The van der Waals surface area contributed by atoms with Crippen LogP contribution in [0.3, 0.4) is 0 Å². The van der Waals surface area contributed by atoms with E-state index in [1.54, 1.807) is 7.11 Å². The van der Waals surface area contributed by atoms with Gasteiger partial charge in [-0.05, 0) is 32.7 Å². The Hall–Kier alpha value is -0.610. The molecule has 0 aliphatic heterocycles. The van der Waals surface area contributed by atoms with E-state index < -0.39 is 0 Å². The molecule has 1 aliphatic carbocycles. The normalized spacial score (nSPS) is 25.4. The van der Waals surface area contributed by atoms with Gasteiger partial charge in [-0.15, -0.1) is 0 Å². The average Bonchev–Trinajstić information content (AvgIpc) is 2.35. The molecule has 1 aliphatic rings. The number of methoxy groups -OCH3 is 1. The average molecular weight is 228 g/mol. The van der Waals surface area contributed by atoms with Crippen LogP contribution in [0.2, 0.25) is 0 Å². The number of carbonyl (C=O) groups is 1. The molecule has 0 aromatic rings. The summed E-state index contributed by atoms with van der Waals surface area (Å²) in [5, 5.41) is 3.30. The summed E-state index contributed by atoms with van der Waals surface area (Å²) in [7, 11) is 5.56. The number of nitrogens with one attached hydrogen (secondary N) is 1. The largest absolute Gasteiger partial charge is 0.384 e. The Morgan fingerprint density at radius 3 is 2.50 bits per heavy atom. The van der Waals surface area contributed by atoms with Gasteiger partial charge >= 0.3 is 0 Å². The Morgan fingerprint density at radius 1 is 1.38 bits per heavy atom. The van der Waals surface area contributed by atoms with Gasteiger partial charge in [-0.25, -0.2) is 0 Å². The van der Waals surface area contributed by atoms with Crippen LogP contribution in [0.1, 0.15) is 32.1 Å². The molecule has 0 unspecified atom stereocenters. The van der Waals surface area contributed by atoms with Crippen molar-refractivity contribution in [3.05, 3.63) is 0 Å². The molecule has 0 radical (unpaired) electrons. The lowest BCUT2D eigenvalue weighted by molar-refractivity contribution is -0.133. The Balaban J connectivity index is 2.32. The zero-order valence-corrected chi connectivity index (χ0v) is 10.7. The third-order valence-electron chi connectivity index (χ3n) is 3.57. The van der Waals surface area contributed by atoms with E-state index in [2.05, 4.69) is 5.32 Å². The summed E-state index contributed by atoms with van der Waals surface area (Å²) in [4.78, 5) is 13.7. The van der Waals surface area contributed by atoms with Crippen LogP contribution in [-0.2, 0) is 9.53 Å². The molecule has 4 heteroatoms. The van der Waals surface area contributed by atoms with Crippen LogP contribution in [-0.4, -0.2) is 50.7 Å². The van der Waals surface area contributed by atoms with E-state index in [-0.39, 0.29) is 5.91 Å². The molecule has 0 bridgehead atoms. The van der Waals surface area contributed by atoms with Crippen molar-refractivity contribution in [1.82, 2.24) is 10.2 Å². The lowest BCUT2D eigenvalue weighted by Gasteiger charge is -2.34. The maximum absolute atomic E-state index is 11.8. The van der Waals surface area contributed by atoms with E-state index >= 15 is 0 Å². The number of carbonyl (C=O) groups excluding carboxylic acids is 1. The SMILES string of the molecule is CNC1CCC(N(C)C(=O)CCOC)CC1. The molecule has 0 aromatic carbocycles. The molecular weight excluding hydrogens is 204 g/mol. The molecule has 4 nitrogen and oxygen atoms in total. The van der Waals surface area contributed by atoms with Crippen molar-refractivity contribution in [3.63, 3.8) is 0 Å². The van der Waals surface area contributed by atoms with E-state index in [0.717, 1.165) is 12.8 Å². The van der Waals surface area contributed by atoms with Gasteiger partial charge in [0.15, 0.2) is 0 Å². The van der Waals surface area contributed by atoms with E-state index in [1.807, 2.05) is 19.0 Å². The summed E-state index contributed by atoms with van der Waals surface area (Å²) in [6.07, 6.45) is 5.06. The summed E-state index contributed by atoms with van der Waals surface area (Å²) >= 11 is 0. The molecule has 1 amide bonds. The van der Waals surface area contributed by atoms with Crippen molar-refractivity contribution in [2.24, 2.45) is 0 Å². The fourth-order valence-corrected chi connectivity index (χ4v) is 2.32. The molecule has 94 valence electrons. The van der Waals surface area contributed by atoms with Gasteiger partial charge in [0, 0.05) is 26.2 Å². The second-order valence-electron chi connectivity index (χ2n) is 4.54. The summed E-state index contributed by atoms with van der Waals surface area (Å²) in [5.74, 6) is 0.203. The molecule has 0 atom stereocenters. The second kappa shape index (κ2) is 6.86. The van der Waals surface area contributed by atoms with Crippen LogP contribution in [0.5, 0.6) is 0 Å². The van der Waals surface area contributed by atoms with Gasteiger partial charge in [0.05, 0.1) is 13.0 Å². The summed E-state index contributed by atoms with van der Waals surface area (Å²) in [6.45, 7) is 0.523. The molecule has 0 heterocycles. The fraction of sp³-hybridized carbons (Fsp3) is 0.917. The Kier molecular flexibility index (Phi) is 5.77. The van der Waals surface area contributed by atoms with Gasteiger partial charge in [0.25, 0.3) is 0 Å². The first-order chi connectivity index (χ1) is 7.69. The first-order valence-electron chi connectivity index (χ1n) is 6.11. The number of amides is 1. The summed E-state index contributed by atoms with van der Waals surface area (Å²) < 4.78 is 4.93. The van der Waals surface area contributed by atoms with Crippen LogP contribution in [0, 0.1) is 0 Å². The number of hydrogen-bond acceptors (Lipinski definition) is 3. The lowest BCUT2D eigenvalue weighted by Crippen LogP contribution is -2.42. The van der Waals surface area contributed by atoms with Crippen LogP contribution in [0.15, 0.2) is 0 Å². The quantitative estimate of drug-likeness (QED) is 0.763. The van der Waals surface area contributed by atoms with Crippen molar-refractivity contribution in [1.29, 1.82) is 0 Å². The zero-order chi connectivity index (χ0) is 12.0. The maximum Gasteiger partial charge on any atom is 0.224 e. The molecule has 1 rings (SSSR count). The van der Waals surface area contributed by atoms with Crippen LogP contribution in [0.25, 0.3) is 0 Å². The number of ether oxygens (including phenoxy) is 1. The highest BCUT2D eigenvalue weighted by Crippen LogP contribution is 2.22. The predicted molar refractivity (Wildman–Crippen MR) is 64.4 cm³/mol. The fourth-order valence-electron chi connectivity index (χ4n) is 2.32. The number of nitrogens with zero attached hydrogens (tertiary/aromatic N) is 1. The number of hydrogen-bond donors (Lipinski definition) is 1. The third kappa shape index (κ3) is 3.76. The minimum absolute atomic E-state index is 0.203. The molecule has 1 saturated carbocycles. The van der Waals surface area contributed by atoms with Gasteiger partial charge in [0.2, 0.25) is 5.91 Å². The number of rotatable bonds is 5. The zero-order valence-electron chi connectivity index (χ0n) is 10.7. The second-order valence-corrected chi connectivity index (χ2v) is 4.54. The molecular formula is C12H24N2O2. The Labute approximate surface area is 98.3 Å². The van der Waals surface area contributed by atoms with Gasteiger partial charge in [-0.3, -0.25) is 4.79 Å². The minimum Gasteiger partial charge on any atom is -0.384 e. The van der Waals surface area contributed by atoms with Gasteiger partial charge in [-0.2, -0.15) is 0 Å². The summed E-state index contributed by atoms with van der Waals surface area (Å²) in [5.41, 5.74) is 0. The minimum atomic E-state index is 0.203. The van der Waals surface area contributed by atoms with Crippen molar-refractivity contribution in [2.75, 3.05) is 27.8 Å². The molecule has 0 spiro atoms. The molecule has 0 aromatic heterocycles. The standard InChI is InChI=1S/C12H24N2O2/c1-13-10-4-6-11(7-5-10)14(2)12(15)8-9-16-3/h10-11,13H,4-9H2,1-3H3. The Morgan fingerprint density at radius 2 is 2.00 bits per heavy atom. The smallest absolute Gasteiger partial charge is 0.224 e. The van der Waals surface area contributed by atoms with E-state index in [9.17, 15) is 4.79 Å². The molecule has 1 N–H and O–H groups in total. The van der Waals surface area contributed by atoms with Gasteiger partial charge in [-0.1, -0.05) is 0 Å². The van der Waals surface area contributed by atoms with Crippen molar-refractivity contribution < 1.29 is 9.53 Å².